The Morgan fingerprint density at radius 1 is 0.781 bits per heavy atom. The summed E-state index contributed by atoms with van der Waals surface area (Å²) in [6.45, 7) is 1.46. The van der Waals surface area contributed by atoms with E-state index in [1.165, 1.54) is 25.1 Å². The molecule has 0 saturated carbocycles. The minimum absolute atomic E-state index is 0.199. The fourth-order valence-electron chi connectivity index (χ4n) is 2.89. The van der Waals surface area contributed by atoms with E-state index in [2.05, 4.69) is 0 Å². The molecule has 0 atom stereocenters. The Kier molecular flexibility index (Phi) is 7.43. The quantitative estimate of drug-likeness (QED) is 0.200. The Morgan fingerprint density at radius 2 is 1.25 bits per heavy atom. The molecule has 160 valence electrons. The van der Waals surface area contributed by atoms with Gasteiger partial charge in [-0.25, -0.2) is 4.39 Å². The summed E-state index contributed by atoms with van der Waals surface area (Å²) < 4.78 is 19.6. The highest BCUT2D eigenvalue weighted by atomic mass is 19.1. The van der Waals surface area contributed by atoms with Crippen LogP contribution in [0.2, 0.25) is 0 Å². The van der Waals surface area contributed by atoms with Crippen LogP contribution in [0.15, 0.2) is 103 Å². The van der Waals surface area contributed by atoms with Gasteiger partial charge in [0.15, 0.2) is 0 Å². The van der Waals surface area contributed by atoms with Crippen molar-refractivity contribution in [1.29, 1.82) is 0 Å². The first kappa shape index (κ1) is 22.4. The van der Waals surface area contributed by atoms with Gasteiger partial charge in [-0.3, -0.25) is 14.9 Å². The lowest BCUT2D eigenvalue weighted by molar-refractivity contribution is -0.385. The fraction of sp³-hybridized carbons (Fsp3) is 0.0385. The molecule has 0 heterocycles. The summed E-state index contributed by atoms with van der Waals surface area (Å²) >= 11 is 0. The van der Waals surface area contributed by atoms with Gasteiger partial charge in [-0.05, 0) is 42.8 Å². The van der Waals surface area contributed by atoms with Gasteiger partial charge in [0, 0.05) is 11.6 Å². The summed E-state index contributed by atoms with van der Waals surface area (Å²) in [5, 5.41) is 10.9. The number of carbonyl (C=O) groups excluding carboxylic acids is 1. The lowest BCUT2D eigenvalue weighted by Crippen LogP contribution is -2.09. The van der Waals surface area contributed by atoms with Crippen molar-refractivity contribution in [3.8, 4) is 11.5 Å². The molecule has 0 unspecified atom stereocenters. The van der Waals surface area contributed by atoms with Crippen molar-refractivity contribution in [1.82, 2.24) is 0 Å². The lowest BCUT2D eigenvalue weighted by atomic mass is 9.99. The van der Waals surface area contributed by atoms with E-state index in [-0.39, 0.29) is 11.1 Å². The second-order valence-corrected chi connectivity index (χ2v) is 6.77. The molecule has 4 rings (SSSR count). The molecule has 0 aliphatic rings. The molecule has 0 aliphatic heterocycles. The third-order valence-corrected chi connectivity index (χ3v) is 4.49. The van der Waals surface area contributed by atoms with Crippen molar-refractivity contribution in [3.05, 3.63) is 136 Å². The van der Waals surface area contributed by atoms with Gasteiger partial charge in [-0.1, -0.05) is 66.7 Å². The summed E-state index contributed by atoms with van der Waals surface area (Å²) in [7, 11) is 0. The maximum atomic E-state index is 14.0. The largest absolute Gasteiger partial charge is 0.457 e. The van der Waals surface area contributed by atoms with Crippen LogP contribution in [0.1, 0.15) is 21.5 Å². The SMILES string of the molecule is Cc1ccc([N+](=O)[O-])c(C(=O)c2ccccc2)c1F.c1ccc(Oc2ccccc2)cc1. The van der Waals surface area contributed by atoms with E-state index < -0.39 is 27.8 Å². The molecule has 0 spiro atoms. The van der Waals surface area contributed by atoms with Crippen molar-refractivity contribution in [3.63, 3.8) is 0 Å². The van der Waals surface area contributed by atoms with Gasteiger partial charge in [0.25, 0.3) is 5.69 Å². The number of ether oxygens (including phenoxy) is 1. The molecule has 0 aliphatic carbocycles. The molecule has 0 amide bonds. The van der Waals surface area contributed by atoms with Crippen LogP contribution >= 0.6 is 0 Å². The monoisotopic (exact) mass is 429 g/mol. The first-order valence-corrected chi connectivity index (χ1v) is 9.78. The summed E-state index contributed by atoms with van der Waals surface area (Å²) in [6.07, 6.45) is 0. The van der Waals surface area contributed by atoms with Crippen LogP contribution in [-0.2, 0) is 0 Å². The van der Waals surface area contributed by atoms with Crippen LogP contribution in [0.3, 0.4) is 0 Å². The number of aryl methyl sites for hydroxylation is 1. The number of nitrogens with zero attached hydrogens (tertiary/aromatic N) is 1. The molecule has 0 bridgehead atoms. The highest BCUT2D eigenvalue weighted by Crippen LogP contribution is 2.26. The number of carbonyl (C=O) groups is 1. The molecule has 0 fully saturated rings. The first-order chi connectivity index (χ1) is 15.5. The van der Waals surface area contributed by atoms with Gasteiger partial charge >= 0.3 is 0 Å². The van der Waals surface area contributed by atoms with Crippen LogP contribution in [0.4, 0.5) is 10.1 Å². The lowest BCUT2D eigenvalue weighted by Gasteiger charge is -2.06. The predicted octanol–water partition coefficient (Wildman–Crippen LogP) is 6.75. The minimum Gasteiger partial charge on any atom is -0.457 e. The zero-order chi connectivity index (χ0) is 22.9. The third-order valence-electron chi connectivity index (χ3n) is 4.49. The van der Waals surface area contributed by atoms with Crippen molar-refractivity contribution >= 4 is 11.5 Å². The summed E-state index contributed by atoms with van der Waals surface area (Å²) in [5.41, 5.74) is -0.590. The zero-order valence-corrected chi connectivity index (χ0v) is 17.3. The van der Waals surface area contributed by atoms with E-state index in [1.54, 1.807) is 18.2 Å². The standard InChI is InChI=1S/C14H10FNO3.C12H10O/c1-9-7-8-11(16(18)19)12(13(9)15)14(17)10-5-3-2-4-6-10;1-3-7-11(8-4-1)13-12-9-5-2-6-10-12/h2-8H,1H3;1-10H. The molecule has 32 heavy (non-hydrogen) atoms. The van der Waals surface area contributed by atoms with Gasteiger partial charge in [-0.15, -0.1) is 0 Å². The van der Waals surface area contributed by atoms with E-state index in [0.29, 0.717) is 0 Å². The maximum Gasteiger partial charge on any atom is 0.283 e. The van der Waals surface area contributed by atoms with E-state index in [1.807, 2.05) is 60.7 Å². The van der Waals surface area contributed by atoms with Crippen LogP contribution in [0.25, 0.3) is 0 Å². The smallest absolute Gasteiger partial charge is 0.283 e. The molecular weight excluding hydrogens is 409 g/mol. The second kappa shape index (κ2) is 10.6. The number of benzene rings is 4. The van der Waals surface area contributed by atoms with Crippen LogP contribution in [0, 0.1) is 22.9 Å². The highest BCUT2D eigenvalue weighted by molar-refractivity contribution is 6.11. The molecule has 6 heteroatoms. The summed E-state index contributed by atoms with van der Waals surface area (Å²) in [4.78, 5) is 22.4. The van der Waals surface area contributed by atoms with Gasteiger partial charge < -0.3 is 4.74 Å². The Bertz CT molecular complexity index is 1160. The average Bonchev–Trinajstić information content (AvgIpc) is 2.82. The number of nitro groups is 1. The number of ketones is 1. The van der Waals surface area contributed by atoms with Crippen molar-refractivity contribution in [2.24, 2.45) is 0 Å². The second-order valence-electron chi connectivity index (χ2n) is 6.77. The van der Waals surface area contributed by atoms with Gasteiger partial charge in [-0.2, -0.15) is 0 Å². The average molecular weight is 429 g/mol. The van der Waals surface area contributed by atoms with E-state index in [9.17, 15) is 19.3 Å². The van der Waals surface area contributed by atoms with Crippen molar-refractivity contribution in [2.45, 2.75) is 6.92 Å². The zero-order valence-electron chi connectivity index (χ0n) is 17.3. The predicted molar refractivity (Wildman–Crippen MR) is 121 cm³/mol. The molecule has 0 saturated heterocycles. The Labute approximate surface area is 184 Å². The minimum atomic E-state index is -0.844. The third kappa shape index (κ3) is 5.64. The first-order valence-electron chi connectivity index (χ1n) is 9.78. The summed E-state index contributed by atoms with van der Waals surface area (Å²) in [5.74, 6) is 0.207. The van der Waals surface area contributed by atoms with Crippen LogP contribution in [-0.4, -0.2) is 10.7 Å². The van der Waals surface area contributed by atoms with E-state index in [4.69, 9.17) is 4.74 Å². The Hall–Kier alpha value is -4.32. The summed E-state index contributed by atoms with van der Waals surface area (Å²) in [6, 6.07) is 29.9. The topological polar surface area (TPSA) is 69.4 Å². The van der Waals surface area contributed by atoms with Crippen LogP contribution in [0.5, 0.6) is 11.5 Å². The number of hydrogen-bond donors (Lipinski definition) is 0. The van der Waals surface area contributed by atoms with Gasteiger partial charge in [0.1, 0.15) is 22.9 Å². The van der Waals surface area contributed by atoms with Crippen molar-refractivity contribution < 1.29 is 18.8 Å². The Balaban J connectivity index is 0.000000193. The molecule has 5 nitrogen and oxygen atoms in total. The molecular formula is C26H20FNO4. The molecule has 0 radical (unpaired) electrons. The normalized spacial score (nSPS) is 9.94. The van der Waals surface area contributed by atoms with Gasteiger partial charge in [0.2, 0.25) is 5.78 Å². The van der Waals surface area contributed by atoms with E-state index >= 15 is 0 Å². The number of hydrogen-bond acceptors (Lipinski definition) is 4. The Morgan fingerprint density at radius 3 is 1.72 bits per heavy atom. The van der Waals surface area contributed by atoms with Crippen LogP contribution < -0.4 is 4.74 Å². The number of para-hydroxylation sites is 2. The number of rotatable bonds is 5. The van der Waals surface area contributed by atoms with E-state index in [0.717, 1.165) is 17.6 Å². The molecule has 0 aromatic heterocycles. The van der Waals surface area contributed by atoms with Crippen molar-refractivity contribution in [2.75, 3.05) is 0 Å². The fourth-order valence-corrected chi connectivity index (χ4v) is 2.89. The molecule has 4 aromatic carbocycles. The molecule has 4 aromatic rings. The maximum absolute atomic E-state index is 14.0. The molecule has 0 N–H and O–H groups in total. The number of halogens is 1. The highest BCUT2D eigenvalue weighted by Gasteiger charge is 2.26. The van der Waals surface area contributed by atoms with Gasteiger partial charge in [0.05, 0.1) is 4.92 Å². The number of nitro benzene ring substituents is 1.